The van der Waals surface area contributed by atoms with Crippen LogP contribution in [0, 0.1) is 10.1 Å². The van der Waals surface area contributed by atoms with E-state index in [0.29, 0.717) is 12.2 Å². The maximum absolute atomic E-state index is 11.8. The van der Waals surface area contributed by atoms with Crippen LogP contribution in [0.4, 0.5) is 0 Å². The summed E-state index contributed by atoms with van der Waals surface area (Å²) in [4.78, 5) is 26.1. The molecule has 0 fully saturated rings. The third kappa shape index (κ3) is 5.66. The summed E-state index contributed by atoms with van der Waals surface area (Å²) in [7, 11) is 0. The second-order valence-electron chi connectivity index (χ2n) is 4.77. The van der Waals surface area contributed by atoms with E-state index in [1.165, 1.54) is 24.3 Å². The maximum atomic E-state index is 11.8. The minimum Gasteiger partial charge on any atom is -0.508 e. The highest BCUT2D eigenvalue weighted by molar-refractivity contribution is 5.75. The molecule has 0 saturated heterocycles. The highest BCUT2D eigenvalue weighted by atomic mass is 16.9. The van der Waals surface area contributed by atoms with Crippen LogP contribution in [0.15, 0.2) is 48.5 Å². The highest BCUT2D eigenvalue weighted by Crippen LogP contribution is 2.16. The van der Waals surface area contributed by atoms with Crippen LogP contribution < -0.4 is 4.74 Å². The Kier molecular flexibility index (Phi) is 5.51. The van der Waals surface area contributed by atoms with Gasteiger partial charge in [-0.3, -0.25) is 4.79 Å². The van der Waals surface area contributed by atoms with E-state index in [9.17, 15) is 14.9 Å². The van der Waals surface area contributed by atoms with Gasteiger partial charge in [0, 0.05) is 0 Å². The topological polar surface area (TPSA) is 98.9 Å². The van der Waals surface area contributed by atoms with Crippen LogP contribution in [0.25, 0.3) is 0 Å². The van der Waals surface area contributed by atoms with Crippen molar-refractivity contribution in [2.24, 2.45) is 0 Å². The van der Waals surface area contributed by atoms with Crippen LogP contribution in [0.2, 0.25) is 0 Å². The van der Waals surface area contributed by atoms with Crippen molar-refractivity contribution in [3.05, 3.63) is 69.8 Å². The fourth-order valence-electron chi connectivity index (χ4n) is 1.91. The van der Waals surface area contributed by atoms with Crippen LogP contribution in [0.3, 0.4) is 0 Å². The Morgan fingerprint density at radius 3 is 2.26 bits per heavy atom. The zero-order valence-corrected chi connectivity index (χ0v) is 12.2. The minimum atomic E-state index is -0.826. The molecule has 1 N–H and O–H groups in total. The molecule has 23 heavy (non-hydrogen) atoms. The smallest absolute Gasteiger partial charge is 0.315 e. The molecule has 2 aromatic rings. The lowest BCUT2D eigenvalue weighted by Crippen LogP contribution is -2.11. The van der Waals surface area contributed by atoms with Crippen molar-refractivity contribution in [1.82, 2.24) is 0 Å². The number of aromatic hydroxyl groups is 1. The van der Waals surface area contributed by atoms with E-state index >= 15 is 0 Å². The van der Waals surface area contributed by atoms with Crippen molar-refractivity contribution >= 4 is 5.97 Å². The van der Waals surface area contributed by atoms with Gasteiger partial charge in [-0.15, -0.1) is 10.1 Å². The molecule has 0 radical (unpaired) electrons. The number of benzene rings is 2. The standard InChI is InChI=1S/C16H15NO6/c18-14-5-7-15(8-6-14)23-16(19)11-13-3-1-12(2-4-13)9-10-22-17(20)21/h1-8,18H,9-11H2. The molecule has 0 spiro atoms. The summed E-state index contributed by atoms with van der Waals surface area (Å²) in [6.45, 7) is -0.00472. The molecule has 0 unspecified atom stereocenters. The highest BCUT2D eigenvalue weighted by Gasteiger charge is 2.07. The van der Waals surface area contributed by atoms with Gasteiger partial charge >= 0.3 is 5.97 Å². The van der Waals surface area contributed by atoms with Crippen LogP contribution >= 0.6 is 0 Å². The summed E-state index contributed by atoms with van der Waals surface area (Å²) in [5.41, 5.74) is 1.65. The number of rotatable bonds is 7. The number of ether oxygens (including phenoxy) is 1. The molecule has 120 valence electrons. The summed E-state index contributed by atoms with van der Waals surface area (Å²) in [5, 5.41) is 18.4. The molecule has 7 heteroatoms. The second-order valence-corrected chi connectivity index (χ2v) is 4.77. The molecular formula is C16H15NO6. The Labute approximate surface area is 132 Å². The normalized spacial score (nSPS) is 10.1. The molecule has 7 nitrogen and oxygen atoms in total. The van der Waals surface area contributed by atoms with Crippen molar-refractivity contribution in [1.29, 1.82) is 0 Å². The number of carbonyl (C=O) groups is 1. The van der Waals surface area contributed by atoms with E-state index in [1.807, 2.05) is 0 Å². The van der Waals surface area contributed by atoms with Crippen LogP contribution in [-0.4, -0.2) is 22.8 Å². The zero-order chi connectivity index (χ0) is 16.7. The lowest BCUT2D eigenvalue weighted by atomic mass is 10.1. The minimum absolute atomic E-state index is 0.00472. The maximum Gasteiger partial charge on any atom is 0.315 e. The van der Waals surface area contributed by atoms with Gasteiger partial charge in [-0.1, -0.05) is 24.3 Å². The number of esters is 1. The van der Waals surface area contributed by atoms with E-state index < -0.39 is 11.1 Å². The fourth-order valence-corrected chi connectivity index (χ4v) is 1.91. The van der Waals surface area contributed by atoms with Crippen LogP contribution in [0.5, 0.6) is 11.5 Å². The number of hydrogen-bond donors (Lipinski definition) is 1. The Hall–Kier alpha value is -3.09. The molecule has 0 aliphatic rings. The SMILES string of the molecule is O=C(Cc1ccc(CCO[N+](=O)[O-])cc1)Oc1ccc(O)cc1. The van der Waals surface area contributed by atoms with Crippen LogP contribution in [0.1, 0.15) is 11.1 Å². The molecule has 0 heterocycles. The molecular weight excluding hydrogens is 302 g/mol. The summed E-state index contributed by atoms with van der Waals surface area (Å²) < 4.78 is 5.15. The van der Waals surface area contributed by atoms with Crippen molar-refractivity contribution in [2.45, 2.75) is 12.8 Å². The summed E-state index contributed by atoms with van der Waals surface area (Å²) in [6, 6.07) is 13.0. The van der Waals surface area contributed by atoms with Crippen molar-refractivity contribution < 1.29 is 24.6 Å². The average molecular weight is 317 g/mol. The predicted molar refractivity (Wildman–Crippen MR) is 80.5 cm³/mol. The third-order valence-electron chi connectivity index (χ3n) is 3.03. The number of phenolic OH excluding ortho intramolecular Hbond substituents is 1. The molecule has 2 aromatic carbocycles. The van der Waals surface area contributed by atoms with Gasteiger partial charge in [0.25, 0.3) is 5.09 Å². The molecule has 0 bridgehead atoms. The first-order chi connectivity index (χ1) is 11.0. The van der Waals surface area contributed by atoms with E-state index in [-0.39, 0.29) is 18.8 Å². The Bertz CT molecular complexity index is 666. The van der Waals surface area contributed by atoms with Gasteiger partial charge in [0.1, 0.15) is 18.1 Å². The van der Waals surface area contributed by atoms with E-state index in [2.05, 4.69) is 4.84 Å². The average Bonchev–Trinajstić information content (AvgIpc) is 2.51. The number of phenols is 1. The van der Waals surface area contributed by atoms with E-state index in [1.54, 1.807) is 24.3 Å². The lowest BCUT2D eigenvalue weighted by molar-refractivity contribution is -0.757. The number of nitrogens with zero attached hydrogens (tertiary/aromatic N) is 1. The second kappa shape index (κ2) is 7.79. The molecule has 0 saturated carbocycles. The van der Waals surface area contributed by atoms with Crippen molar-refractivity contribution in [3.63, 3.8) is 0 Å². The Morgan fingerprint density at radius 1 is 1.04 bits per heavy atom. The van der Waals surface area contributed by atoms with Gasteiger partial charge in [0.05, 0.1) is 6.42 Å². The summed E-state index contributed by atoms with van der Waals surface area (Å²) in [5.74, 6) is 0.0444. The van der Waals surface area contributed by atoms with Gasteiger partial charge in [-0.05, 0) is 41.8 Å². The van der Waals surface area contributed by atoms with Gasteiger partial charge in [-0.2, -0.15) is 0 Å². The number of carbonyl (C=O) groups excluding carboxylic acids is 1. The van der Waals surface area contributed by atoms with Gasteiger partial charge in [-0.25, -0.2) is 0 Å². The van der Waals surface area contributed by atoms with Gasteiger partial charge in [0.2, 0.25) is 0 Å². The lowest BCUT2D eigenvalue weighted by Gasteiger charge is -2.06. The molecule has 0 aromatic heterocycles. The monoisotopic (exact) mass is 317 g/mol. The predicted octanol–water partition coefficient (Wildman–Crippen LogP) is 2.29. The largest absolute Gasteiger partial charge is 0.508 e. The Morgan fingerprint density at radius 2 is 1.65 bits per heavy atom. The first kappa shape index (κ1) is 16.3. The quantitative estimate of drug-likeness (QED) is 0.364. The molecule has 0 atom stereocenters. The molecule has 0 amide bonds. The Balaban J connectivity index is 1.83. The van der Waals surface area contributed by atoms with Crippen molar-refractivity contribution in [3.8, 4) is 11.5 Å². The summed E-state index contributed by atoms with van der Waals surface area (Å²) in [6.07, 6.45) is 0.520. The van der Waals surface area contributed by atoms with E-state index in [4.69, 9.17) is 9.84 Å². The van der Waals surface area contributed by atoms with Crippen molar-refractivity contribution in [2.75, 3.05) is 6.61 Å². The first-order valence-electron chi connectivity index (χ1n) is 6.88. The molecule has 2 rings (SSSR count). The van der Waals surface area contributed by atoms with Gasteiger partial charge < -0.3 is 14.7 Å². The van der Waals surface area contributed by atoms with E-state index in [0.717, 1.165) is 11.1 Å². The zero-order valence-electron chi connectivity index (χ0n) is 12.2. The molecule has 0 aliphatic heterocycles. The van der Waals surface area contributed by atoms with Gasteiger partial charge in [0.15, 0.2) is 0 Å². The fraction of sp³-hybridized carbons (Fsp3) is 0.188. The third-order valence-corrected chi connectivity index (χ3v) is 3.03. The molecule has 0 aliphatic carbocycles. The first-order valence-corrected chi connectivity index (χ1v) is 6.88. The van der Waals surface area contributed by atoms with Crippen LogP contribution in [-0.2, 0) is 22.5 Å². The summed E-state index contributed by atoms with van der Waals surface area (Å²) >= 11 is 0. The number of hydrogen-bond acceptors (Lipinski definition) is 6.